The smallest absolute Gasteiger partial charge is 0.191 e. The number of hydrazine groups is 1. The molecule has 0 amide bonds. The molecule has 8 heteroatoms. The van der Waals surface area contributed by atoms with Crippen LogP contribution in [0.4, 0.5) is 5.82 Å². The van der Waals surface area contributed by atoms with Crippen LogP contribution in [0.25, 0.3) is 22.1 Å². The quantitative estimate of drug-likeness (QED) is 0.561. The van der Waals surface area contributed by atoms with Crippen molar-refractivity contribution in [1.29, 1.82) is 0 Å². The molecule has 3 rings (SSSR count). The average Bonchev–Trinajstić information content (AvgIpc) is 3.07. The van der Waals surface area contributed by atoms with Gasteiger partial charge < -0.3 is 5.43 Å². The van der Waals surface area contributed by atoms with Crippen molar-refractivity contribution in [2.75, 3.05) is 5.43 Å². The van der Waals surface area contributed by atoms with Gasteiger partial charge in [0.15, 0.2) is 10.8 Å². The second kappa shape index (κ2) is 4.99. The largest absolute Gasteiger partial charge is 0.308 e. The Balaban J connectivity index is 2.12. The van der Waals surface area contributed by atoms with Crippen LogP contribution in [0.2, 0.25) is 0 Å². The highest BCUT2D eigenvalue weighted by Crippen LogP contribution is 2.25. The number of nitrogens with zero attached hydrogens (tertiary/aromatic N) is 5. The number of nitrogen functional groups attached to an aromatic ring is 1. The van der Waals surface area contributed by atoms with Crippen LogP contribution in [0.15, 0.2) is 23.8 Å². The van der Waals surface area contributed by atoms with Gasteiger partial charge in [0.25, 0.3) is 0 Å². The minimum atomic E-state index is 0.543. The molecular weight excluding hydrogens is 274 g/mol. The molecule has 3 aromatic heterocycles. The molecule has 0 aliphatic heterocycles. The zero-order chi connectivity index (χ0) is 14.1. The van der Waals surface area contributed by atoms with Crippen LogP contribution < -0.4 is 11.3 Å². The predicted molar refractivity (Wildman–Crippen MR) is 77.9 cm³/mol. The number of nitrogens with two attached hydrogens (primary N) is 1. The maximum atomic E-state index is 5.48. The molecule has 0 aliphatic carbocycles. The molecule has 0 fully saturated rings. The van der Waals surface area contributed by atoms with E-state index in [4.69, 9.17) is 5.84 Å². The zero-order valence-electron chi connectivity index (χ0n) is 11.0. The van der Waals surface area contributed by atoms with Crippen molar-refractivity contribution in [2.45, 2.75) is 6.92 Å². The van der Waals surface area contributed by atoms with E-state index >= 15 is 0 Å². The first-order chi connectivity index (χ1) is 9.65. The van der Waals surface area contributed by atoms with Crippen molar-refractivity contribution >= 4 is 17.2 Å². The Kier molecular flexibility index (Phi) is 3.17. The van der Waals surface area contributed by atoms with E-state index in [1.165, 1.54) is 11.3 Å². The van der Waals surface area contributed by atoms with E-state index in [-0.39, 0.29) is 0 Å². The lowest BCUT2D eigenvalue weighted by atomic mass is 10.2. The van der Waals surface area contributed by atoms with Crippen molar-refractivity contribution in [1.82, 2.24) is 24.7 Å². The summed E-state index contributed by atoms with van der Waals surface area (Å²) >= 11 is 1.51. The molecule has 0 unspecified atom stereocenters. The third-order valence-electron chi connectivity index (χ3n) is 2.68. The molecule has 7 nitrogen and oxygen atoms in total. The minimum Gasteiger partial charge on any atom is -0.308 e. The summed E-state index contributed by atoms with van der Waals surface area (Å²) in [5, 5.41) is 6.88. The number of aryl methyl sites for hydroxylation is 2. The fraction of sp³-hybridized carbons (Fsp3) is 0.167. The molecule has 3 aromatic rings. The molecule has 0 saturated carbocycles. The van der Waals surface area contributed by atoms with Crippen molar-refractivity contribution in [2.24, 2.45) is 12.9 Å². The number of thiazole rings is 1. The van der Waals surface area contributed by atoms with E-state index in [0.717, 1.165) is 22.0 Å². The monoisotopic (exact) mass is 287 g/mol. The van der Waals surface area contributed by atoms with E-state index in [1.807, 2.05) is 25.5 Å². The van der Waals surface area contributed by atoms with Crippen molar-refractivity contribution in [3.05, 3.63) is 29.5 Å². The Morgan fingerprint density at radius 3 is 2.75 bits per heavy atom. The SMILES string of the molecule is Cc1csc(-c2nc(NN)cc(-c3cnn(C)c3)n2)n1. The highest BCUT2D eigenvalue weighted by molar-refractivity contribution is 7.13. The van der Waals surface area contributed by atoms with Crippen molar-refractivity contribution < 1.29 is 0 Å². The lowest BCUT2D eigenvalue weighted by Gasteiger charge is -2.04. The van der Waals surface area contributed by atoms with Crippen molar-refractivity contribution in [3.63, 3.8) is 0 Å². The van der Waals surface area contributed by atoms with E-state index in [2.05, 4.69) is 25.5 Å². The molecule has 3 N–H and O–H groups in total. The van der Waals surface area contributed by atoms with Gasteiger partial charge in [-0.1, -0.05) is 0 Å². The normalized spacial score (nSPS) is 10.8. The van der Waals surface area contributed by atoms with E-state index in [1.54, 1.807) is 16.9 Å². The maximum Gasteiger partial charge on any atom is 0.191 e. The van der Waals surface area contributed by atoms with Gasteiger partial charge in [0.2, 0.25) is 0 Å². The predicted octanol–water partition coefficient (Wildman–Crippen LogP) is 1.59. The minimum absolute atomic E-state index is 0.543. The van der Waals surface area contributed by atoms with E-state index in [0.29, 0.717) is 11.6 Å². The Labute approximate surface area is 119 Å². The second-order valence-corrected chi connectivity index (χ2v) is 5.16. The average molecular weight is 287 g/mol. The summed E-state index contributed by atoms with van der Waals surface area (Å²) in [4.78, 5) is 13.3. The zero-order valence-corrected chi connectivity index (χ0v) is 11.8. The van der Waals surface area contributed by atoms with Crippen LogP contribution in [0.3, 0.4) is 0 Å². The van der Waals surface area contributed by atoms with E-state index < -0.39 is 0 Å². The molecule has 0 aromatic carbocycles. The van der Waals surface area contributed by atoms with Gasteiger partial charge in [0.05, 0.1) is 11.9 Å². The summed E-state index contributed by atoms with van der Waals surface area (Å²) in [6.45, 7) is 1.94. The first-order valence-electron chi connectivity index (χ1n) is 5.93. The lowest BCUT2D eigenvalue weighted by molar-refractivity contribution is 0.768. The Morgan fingerprint density at radius 2 is 2.15 bits per heavy atom. The number of aromatic nitrogens is 5. The summed E-state index contributed by atoms with van der Waals surface area (Å²) in [7, 11) is 1.86. The lowest BCUT2D eigenvalue weighted by Crippen LogP contribution is -2.09. The van der Waals surface area contributed by atoms with Gasteiger partial charge in [-0.3, -0.25) is 4.68 Å². The highest BCUT2D eigenvalue weighted by Gasteiger charge is 2.11. The molecule has 0 radical (unpaired) electrons. The van der Waals surface area contributed by atoms with Crippen LogP contribution in [0.5, 0.6) is 0 Å². The Morgan fingerprint density at radius 1 is 1.30 bits per heavy atom. The molecule has 3 heterocycles. The molecule has 20 heavy (non-hydrogen) atoms. The van der Waals surface area contributed by atoms with Gasteiger partial charge in [-0.2, -0.15) is 5.10 Å². The van der Waals surface area contributed by atoms with Crippen LogP contribution in [0, 0.1) is 6.92 Å². The van der Waals surface area contributed by atoms with Gasteiger partial charge in [-0.15, -0.1) is 11.3 Å². The molecule has 0 saturated heterocycles. The standard InChI is InChI=1S/C12H13N7S/c1-7-6-20-12(15-7)11-16-9(3-10(17-11)18-13)8-4-14-19(2)5-8/h3-6H,13H2,1-2H3,(H,16,17,18). The van der Waals surface area contributed by atoms with Gasteiger partial charge in [0.1, 0.15) is 5.82 Å². The van der Waals surface area contributed by atoms with E-state index in [9.17, 15) is 0 Å². The second-order valence-electron chi connectivity index (χ2n) is 4.30. The Bertz CT molecular complexity index is 687. The molecule has 102 valence electrons. The molecule has 0 aliphatic rings. The number of hydrogen-bond donors (Lipinski definition) is 2. The first-order valence-corrected chi connectivity index (χ1v) is 6.81. The van der Waals surface area contributed by atoms with Crippen LogP contribution in [-0.4, -0.2) is 24.7 Å². The number of rotatable bonds is 3. The molecule has 0 spiro atoms. The van der Waals surface area contributed by atoms with Crippen LogP contribution in [-0.2, 0) is 7.05 Å². The highest BCUT2D eigenvalue weighted by atomic mass is 32.1. The van der Waals surface area contributed by atoms with Gasteiger partial charge in [0, 0.05) is 35.9 Å². The summed E-state index contributed by atoms with van der Waals surface area (Å²) in [5.41, 5.74) is 5.16. The van der Waals surface area contributed by atoms with Crippen molar-refractivity contribution in [3.8, 4) is 22.1 Å². The molecular formula is C12H13N7S. The summed E-state index contributed by atoms with van der Waals surface area (Å²) in [5.74, 6) is 6.57. The van der Waals surface area contributed by atoms with Gasteiger partial charge >= 0.3 is 0 Å². The maximum absolute atomic E-state index is 5.48. The molecule has 0 atom stereocenters. The van der Waals surface area contributed by atoms with Crippen LogP contribution >= 0.6 is 11.3 Å². The Hall–Kier alpha value is -2.32. The molecule has 0 bridgehead atoms. The first kappa shape index (κ1) is 12.7. The third kappa shape index (κ3) is 2.38. The fourth-order valence-electron chi connectivity index (χ4n) is 1.77. The van der Waals surface area contributed by atoms with Gasteiger partial charge in [-0.25, -0.2) is 20.8 Å². The summed E-state index contributed by atoms with van der Waals surface area (Å²) < 4.78 is 1.72. The van der Waals surface area contributed by atoms with Crippen LogP contribution in [0.1, 0.15) is 5.69 Å². The summed E-state index contributed by atoms with van der Waals surface area (Å²) in [6, 6.07) is 1.78. The topological polar surface area (TPSA) is 94.5 Å². The summed E-state index contributed by atoms with van der Waals surface area (Å²) in [6.07, 6.45) is 3.64. The third-order valence-corrected chi connectivity index (χ3v) is 3.64. The number of anilines is 1. The number of nitrogens with one attached hydrogen (secondary N) is 1. The number of hydrogen-bond acceptors (Lipinski definition) is 7. The van der Waals surface area contributed by atoms with Gasteiger partial charge in [-0.05, 0) is 6.92 Å². The fourth-order valence-corrected chi connectivity index (χ4v) is 2.50.